The molecule has 0 saturated carbocycles. The molecule has 1 amide bonds. The molecule has 0 spiro atoms. The van der Waals surface area contributed by atoms with E-state index in [4.69, 9.17) is 0 Å². The highest BCUT2D eigenvalue weighted by molar-refractivity contribution is 5.95. The van der Waals surface area contributed by atoms with Gasteiger partial charge in [-0.25, -0.2) is 4.98 Å². The molecule has 1 aromatic rings. The first-order valence-electron chi connectivity index (χ1n) is 8.10. The lowest BCUT2D eigenvalue weighted by Crippen LogP contribution is -2.49. The maximum atomic E-state index is 12.8. The summed E-state index contributed by atoms with van der Waals surface area (Å²) in [5, 5.41) is 9.38. The van der Waals surface area contributed by atoms with E-state index in [1.165, 1.54) is 4.90 Å². The lowest BCUT2D eigenvalue weighted by atomic mass is 9.82. The molecule has 0 bridgehead atoms. The number of aromatic amines is 1. The molecule has 1 unspecified atom stereocenters. The van der Waals surface area contributed by atoms with Crippen LogP contribution in [-0.2, 0) is 10.2 Å². The molecule has 2 heterocycles. The first-order valence-corrected chi connectivity index (χ1v) is 8.10. The molecule has 24 heavy (non-hydrogen) atoms. The van der Waals surface area contributed by atoms with Gasteiger partial charge in [-0.15, -0.1) is 0 Å². The highest BCUT2D eigenvalue weighted by atomic mass is 16.4. The van der Waals surface area contributed by atoms with Gasteiger partial charge in [0.2, 0.25) is 0 Å². The van der Waals surface area contributed by atoms with Crippen LogP contribution in [0.15, 0.2) is 4.79 Å². The monoisotopic (exact) mass is 335 g/mol. The summed E-state index contributed by atoms with van der Waals surface area (Å²) in [5.41, 5.74) is -1.42. The van der Waals surface area contributed by atoms with Gasteiger partial charge in [0.25, 0.3) is 11.5 Å². The number of likely N-dealkylation sites (tertiary alicyclic amines) is 1. The summed E-state index contributed by atoms with van der Waals surface area (Å²) in [5.74, 6) is -0.851. The zero-order valence-corrected chi connectivity index (χ0v) is 14.9. The van der Waals surface area contributed by atoms with Crippen LogP contribution in [0.5, 0.6) is 0 Å². The normalized spacial score (nSPS) is 21.6. The predicted molar refractivity (Wildman–Crippen MR) is 89.2 cm³/mol. The summed E-state index contributed by atoms with van der Waals surface area (Å²) in [4.78, 5) is 45.2. The van der Waals surface area contributed by atoms with Crippen LogP contribution >= 0.6 is 0 Å². The lowest BCUT2D eigenvalue weighted by Gasteiger charge is -2.37. The molecule has 1 aliphatic heterocycles. The standard InChI is InChI=1S/C17H25N3O4/c1-10-11(12(21)19-14(18-10)16(2,3)4)13(22)20-8-6-7-17(5,9-20)15(23)24/h6-9H2,1-5H3,(H,23,24)(H,18,19,21). The zero-order chi connectivity index (χ0) is 18.3. The summed E-state index contributed by atoms with van der Waals surface area (Å²) in [6, 6.07) is 0. The molecule has 1 aromatic heterocycles. The average Bonchev–Trinajstić information content (AvgIpc) is 2.45. The van der Waals surface area contributed by atoms with E-state index in [-0.39, 0.29) is 17.5 Å². The van der Waals surface area contributed by atoms with Crippen molar-refractivity contribution in [2.75, 3.05) is 13.1 Å². The Hall–Kier alpha value is -2.18. The number of piperidine rings is 1. The van der Waals surface area contributed by atoms with Crippen molar-refractivity contribution in [3.63, 3.8) is 0 Å². The maximum absolute atomic E-state index is 12.8. The SMILES string of the molecule is Cc1nc(C(C)(C)C)[nH]c(=O)c1C(=O)N1CCCC(C)(C(=O)O)C1. The quantitative estimate of drug-likeness (QED) is 0.856. The van der Waals surface area contributed by atoms with Gasteiger partial charge in [-0.05, 0) is 26.7 Å². The van der Waals surface area contributed by atoms with Gasteiger partial charge in [0.15, 0.2) is 0 Å². The number of hydrogen-bond donors (Lipinski definition) is 2. The Morgan fingerprint density at radius 2 is 1.96 bits per heavy atom. The fraction of sp³-hybridized carbons (Fsp3) is 0.647. The summed E-state index contributed by atoms with van der Waals surface area (Å²) < 4.78 is 0. The predicted octanol–water partition coefficient (Wildman–Crippen LogP) is 1.70. The van der Waals surface area contributed by atoms with Gasteiger partial charge < -0.3 is 15.0 Å². The van der Waals surface area contributed by atoms with Crippen LogP contribution in [0.3, 0.4) is 0 Å². The van der Waals surface area contributed by atoms with Crippen LogP contribution < -0.4 is 5.56 Å². The number of carboxylic acid groups (broad SMARTS) is 1. The molecule has 2 N–H and O–H groups in total. The summed E-state index contributed by atoms with van der Waals surface area (Å²) in [7, 11) is 0. The van der Waals surface area contributed by atoms with Gasteiger partial charge in [-0.1, -0.05) is 20.8 Å². The average molecular weight is 335 g/mol. The van der Waals surface area contributed by atoms with Crippen molar-refractivity contribution in [1.82, 2.24) is 14.9 Å². The fourth-order valence-electron chi connectivity index (χ4n) is 2.94. The van der Waals surface area contributed by atoms with Crippen molar-refractivity contribution < 1.29 is 14.7 Å². The van der Waals surface area contributed by atoms with Gasteiger partial charge in [0, 0.05) is 18.5 Å². The number of aromatic nitrogens is 2. The number of aliphatic carboxylic acids is 1. The summed E-state index contributed by atoms with van der Waals surface area (Å²) in [6.07, 6.45) is 1.11. The molecule has 1 atom stereocenters. The van der Waals surface area contributed by atoms with E-state index in [9.17, 15) is 19.5 Å². The molecule has 132 valence electrons. The highest BCUT2D eigenvalue weighted by Gasteiger charge is 2.40. The van der Waals surface area contributed by atoms with Gasteiger partial charge in [0.1, 0.15) is 11.4 Å². The molecule has 1 aliphatic rings. The van der Waals surface area contributed by atoms with Gasteiger partial charge in [-0.3, -0.25) is 14.4 Å². The van der Waals surface area contributed by atoms with Crippen molar-refractivity contribution in [3.05, 3.63) is 27.4 Å². The molecule has 0 aromatic carbocycles. The molecule has 7 nitrogen and oxygen atoms in total. The number of nitrogens with zero attached hydrogens (tertiary/aromatic N) is 2. The number of nitrogens with one attached hydrogen (secondary N) is 1. The van der Waals surface area contributed by atoms with Crippen molar-refractivity contribution >= 4 is 11.9 Å². The van der Waals surface area contributed by atoms with Crippen molar-refractivity contribution in [1.29, 1.82) is 0 Å². The van der Waals surface area contributed by atoms with Crippen LogP contribution in [0.4, 0.5) is 0 Å². The fourth-order valence-corrected chi connectivity index (χ4v) is 2.94. The molecular weight excluding hydrogens is 310 g/mol. The molecule has 7 heteroatoms. The number of H-pyrrole nitrogens is 1. The minimum absolute atomic E-state index is 0.00219. The van der Waals surface area contributed by atoms with Crippen molar-refractivity contribution in [2.45, 2.75) is 52.9 Å². The largest absolute Gasteiger partial charge is 0.481 e. The van der Waals surface area contributed by atoms with Crippen LogP contribution in [0.2, 0.25) is 0 Å². The Morgan fingerprint density at radius 3 is 2.46 bits per heavy atom. The van der Waals surface area contributed by atoms with E-state index in [2.05, 4.69) is 9.97 Å². The molecule has 2 rings (SSSR count). The van der Waals surface area contributed by atoms with Gasteiger partial charge >= 0.3 is 5.97 Å². The summed E-state index contributed by atoms with van der Waals surface area (Å²) in [6.45, 7) is 9.59. The molecular formula is C17H25N3O4. The van der Waals surface area contributed by atoms with E-state index in [0.29, 0.717) is 30.9 Å². The third-order valence-corrected chi connectivity index (χ3v) is 4.52. The summed E-state index contributed by atoms with van der Waals surface area (Å²) >= 11 is 0. The number of carbonyl (C=O) groups excluding carboxylic acids is 1. The zero-order valence-electron chi connectivity index (χ0n) is 14.9. The van der Waals surface area contributed by atoms with Crippen LogP contribution in [0.1, 0.15) is 62.4 Å². The molecule has 1 saturated heterocycles. The third kappa shape index (κ3) is 3.34. The van der Waals surface area contributed by atoms with Gasteiger partial charge in [0.05, 0.1) is 11.1 Å². The maximum Gasteiger partial charge on any atom is 0.311 e. The minimum Gasteiger partial charge on any atom is -0.481 e. The Bertz CT molecular complexity index is 732. The van der Waals surface area contributed by atoms with E-state index >= 15 is 0 Å². The number of hydrogen-bond acceptors (Lipinski definition) is 4. The van der Waals surface area contributed by atoms with E-state index in [1.807, 2.05) is 20.8 Å². The Morgan fingerprint density at radius 1 is 1.33 bits per heavy atom. The number of aryl methyl sites for hydroxylation is 1. The van der Waals surface area contributed by atoms with Crippen LogP contribution in [-0.4, -0.2) is 44.9 Å². The smallest absolute Gasteiger partial charge is 0.311 e. The molecule has 1 fully saturated rings. The van der Waals surface area contributed by atoms with Crippen molar-refractivity contribution in [3.8, 4) is 0 Å². The second-order valence-corrected chi connectivity index (χ2v) is 7.82. The second kappa shape index (κ2) is 6.03. The Labute approximate surface area is 141 Å². The number of rotatable bonds is 2. The molecule has 0 aliphatic carbocycles. The minimum atomic E-state index is -0.979. The molecule has 0 radical (unpaired) electrons. The Balaban J connectivity index is 2.37. The third-order valence-electron chi connectivity index (χ3n) is 4.52. The Kier molecular flexibility index (Phi) is 4.57. The van der Waals surface area contributed by atoms with Crippen LogP contribution in [0, 0.1) is 12.3 Å². The number of amides is 1. The van der Waals surface area contributed by atoms with Gasteiger partial charge in [-0.2, -0.15) is 0 Å². The van der Waals surface area contributed by atoms with Crippen LogP contribution in [0.25, 0.3) is 0 Å². The number of carboxylic acids is 1. The highest BCUT2D eigenvalue weighted by Crippen LogP contribution is 2.30. The topological polar surface area (TPSA) is 103 Å². The second-order valence-electron chi connectivity index (χ2n) is 7.82. The van der Waals surface area contributed by atoms with E-state index in [0.717, 1.165) is 0 Å². The van der Waals surface area contributed by atoms with E-state index in [1.54, 1.807) is 13.8 Å². The number of carbonyl (C=O) groups is 2. The van der Waals surface area contributed by atoms with Crippen molar-refractivity contribution in [2.24, 2.45) is 5.41 Å². The lowest BCUT2D eigenvalue weighted by molar-refractivity contribution is -0.150. The first-order chi connectivity index (χ1) is 11.0. The van der Waals surface area contributed by atoms with E-state index < -0.39 is 22.9 Å². The first kappa shape index (κ1) is 18.2.